The van der Waals surface area contributed by atoms with E-state index in [0.717, 1.165) is 0 Å². The number of carbonyl (C=O) groups excluding carboxylic acids is 1. The normalized spacial score (nSPS) is 16.9. The third kappa shape index (κ3) is 3.09. The number of aliphatic carboxylic acids is 1. The second-order valence-electron chi connectivity index (χ2n) is 6.18. The third-order valence-electron chi connectivity index (χ3n) is 4.31. The summed E-state index contributed by atoms with van der Waals surface area (Å²) in [6, 6.07) is 1.66. The molecule has 0 unspecified atom stereocenters. The Morgan fingerprint density at radius 3 is 2.71 bits per heavy atom. The van der Waals surface area contributed by atoms with Gasteiger partial charge in [0.05, 0.1) is 28.6 Å². The molecule has 2 aromatic rings. The van der Waals surface area contributed by atoms with E-state index in [1.807, 2.05) is 0 Å². The molecule has 2 N–H and O–H groups in total. The van der Waals surface area contributed by atoms with E-state index in [-0.39, 0.29) is 12.3 Å². The average Bonchev–Trinajstić information content (AvgIpc) is 2.87. The van der Waals surface area contributed by atoms with E-state index in [0.29, 0.717) is 54.1 Å². The van der Waals surface area contributed by atoms with Crippen LogP contribution in [-0.4, -0.2) is 45.9 Å². The van der Waals surface area contributed by atoms with Crippen LogP contribution in [-0.2, 0) is 9.53 Å². The summed E-state index contributed by atoms with van der Waals surface area (Å²) in [6.07, 6.45) is 0.777. The molecule has 0 saturated carbocycles. The number of pyridine rings is 1. The fourth-order valence-electron chi connectivity index (χ4n) is 3.10. The Labute approximate surface area is 138 Å². The lowest BCUT2D eigenvalue weighted by atomic mass is 9.86. The SMILES string of the molecule is Cc1cc(C(=O)NC2(CC(=O)O)CCOCC2)c2c(C)noc2n1. The van der Waals surface area contributed by atoms with Crippen LogP contribution in [0.15, 0.2) is 10.6 Å². The lowest BCUT2D eigenvalue weighted by Crippen LogP contribution is -2.53. The number of nitrogens with one attached hydrogen (secondary N) is 1. The first-order valence-corrected chi connectivity index (χ1v) is 7.76. The van der Waals surface area contributed by atoms with Gasteiger partial charge in [-0.05, 0) is 32.8 Å². The van der Waals surface area contributed by atoms with Crippen LogP contribution in [0.2, 0.25) is 0 Å². The molecule has 2 aromatic heterocycles. The topological polar surface area (TPSA) is 115 Å². The predicted molar refractivity (Wildman–Crippen MR) is 83.8 cm³/mol. The number of carboxylic acids is 1. The smallest absolute Gasteiger partial charge is 0.305 e. The Kier molecular flexibility index (Phi) is 4.23. The molecule has 0 spiro atoms. The number of aromatic nitrogens is 2. The van der Waals surface area contributed by atoms with Gasteiger partial charge in [0.1, 0.15) is 0 Å². The number of carbonyl (C=O) groups is 2. The number of carboxylic acid groups (broad SMARTS) is 1. The molecule has 1 fully saturated rings. The van der Waals surface area contributed by atoms with Crippen LogP contribution in [0.1, 0.15) is 41.0 Å². The zero-order valence-electron chi connectivity index (χ0n) is 13.6. The van der Waals surface area contributed by atoms with Gasteiger partial charge in [-0.2, -0.15) is 0 Å². The summed E-state index contributed by atoms with van der Waals surface area (Å²) < 4.78 is 10.5. The van der Waals surface area contributed by atoms with E-state index in [1.165, 1.54) is 0 Å². The van der Waals surface area contributed by atoms with E-state index >= 15 is 0 Å². The van der Waals surface area contributed by atoms with Gasteiger partial charge in [-0.15, -0.1) is 0 Å². The standard InChI is InChI=1S/C16H19N3O5/c1-9-7-11(13-10(2)19-24-15(13)17-9)14(22)18-16(8-12(20)21)3-5-23-6-4-16/h7H,3-6,8H2,1-2H3,(H,18,22)(H,20,21). The number of rotatable bonds is 4. The number of ether oxygens (including phenoxy) is 1. The number of hydrogen-bond donors (Lipinski definition) is 2. The molecule has 1 aliphatic heterocycles. The van der Waals surface area contributed by atoms with Gasteiger partial charge in [0.15, 0.2) is 0 Å². The van der Waals surface area contributed by atoms with E-state index in [1.54, 1.807) is 19.9 Å². The summed E-state index contributed by atoms with van der Waals surface area (Å²) in [5.41, 5.74) is 1.09. The molecule has 1 saturated heterocycles. The molecule has 8 heteroatoms. The van der Waals surface area contributed by atoms with E-state index in [9.17, 15) is 14.7 Å². The van der Waals surface area contributed by atoms with Crippen molar-refractivity contribution in [2.45, 2.75) is 38.6 Å². The van der Waals surface area contributed by atoms with E-state index in [4.69, 9.17) is 9.26 Å². The van der Waals surface area contributed by atoms with Gasteiger partial charge in [-0.3, -0.25) is 9.59 Å². The maximum absolute atomic E-state index is 12.9. The van der Waals surface area contributed by atoms with Crippen LogP contribution >= 0.6 is 0 Å². The maximum atomic E-state index is 12.9. The summed E-state index contributed by atoms with van der Waals surface area (Å²) in [5.74, 6) is -1.30. The maximum Gasteiger partial charge on any atom is 0.305 e. The zero-order valence-corrected chi connectivity index (χ0v) is 13.6. The highest BCUT2D eigenvalue weighted by atomic mass is 16.5. The monoisotopic (exact) mass is 333 g/mol. The van der Waals surface area contributed by atoms with Gasteiger partial charge < -0.3 is 19.7 Å². The number of amides is 1. The number of aryl methyl sites for hydroxylation is 2. The highest BCUT2D eigenvalue weighted by molar-refractivity contribution is 6.06. The van der Waals surface area contributed by atoms with Gasteiger partial charge in [0.2, 0.25) is 0 Å². The molecule has 1 aliphatic rings. The van der Waals surface area contributed by atoms with Crippen molar-refractivity contribution in [1.82, 2.24) is 15.5 Å². The molecule has 24 heavy (non-hydrogen) atoms. The minimum absolute atomic E-state index is 0.141. The van der Waals surface area contributed by atoms with Crippen molar-refractivity contribution in [2.75, 3.05) is 13.2 Å². The second kappa shape index (κ2) is 6.20. The van der Waals surface area contributed by atoms with E-state index in [2.05, 4.69) is 15.5 Å². The second-order valence-corrected chi connectivity index (χ2v) is 6.18. The predicted octanol–water partition coefficient (Wildman–Crippen LogP) is 1.59. The highest BCUT2D eigenvalue weighted by Gasteiger charge is 2.37. The van der Waals surface area contributed by atoms with Crippen LogP contribution in [0, 0.1) is 13.8 Å². The molecule has 0 atom stereocenters. The number of fused-ring (bicyclic) bond motifs is 1. The highest BCUT2D eigenvalue weighted by Crippen LogP contribution is 2.27. The molecule has 0 aliphatic carbocycles. The molecule has 0 radical (unpaired) electrons. The van der Waals surface area contributed by atoms with Crippen molar-refractivity contribution in [3.8, 4) is 0 Å². The van der Waals surface area contributed by atoms with Gasteiger partial charge >= 0.3 is 5.97 Å². The lowest BCUT2D eigenvalue weighted by molar-refractivity contribution is -0.139. The minimum atomic E-state index is -0.950. The molecule has 8 nitrogen and oxygen atoms in total. The third-order valence-corrected chi connectivity index (χ3v) is 4.31. The van der Waals surface area contributed by atoms with E-state index < -0.39 is 11.5 Å². The molecule has 0 bridgehead atoms. The lowest BCUT2D eigenvalue weighted by Gasteiger charge is -2.36. The fraction of sp³-hybridized carbons (Fsp3) is 0.500. The number of hydrogen-bond acceptors (Lipinski definition) is 6. The van der Waals surface area contributed by atoms with Crippen LogP contribution in [0.5, 0.6) is 0 Å². The molecule has 128 valence electrons. The molecular formula is C16H19N3O5. The van der Waals surface area contributed by atoms with Crippen LogP contribution in [0.4, 0.5) is 0 Å². The average molecular weight is 333 g/mol. The Bertz CT molecular complexity index is 792. The summed E-state index contributed by atoms with van der Waals surface area (Å²) in [4.78, 5) is 28.3. The number of nitrogens with zero attached hydrogens (tertiary/aromatic N) is 2. The van der Waals surface area contributed by atoms with Gasteiger partial charge in [-0.25, -0.2) is 4.98 Å². The summed E-state index contributed by atoms with van der Waals surface area (Å²) >= 11 is 0. The van der Waals surface area contributed by atoms with Crippen molar-refractivity contribution >= 4 is 23.0 Å². The molecule has 3 heterocycles. The fourth-order valence-corrected chi connectivity index (χ4v) is 3.10. The molecular weight excluding hydrogens is 314 g/mol. The summed E-state index contributed by atoms with van der Waals surface area (Å²) in [5, 5.41) is 16.5. The largest absolute Gasteiger partial charge is 0.481 e. The first kappa shape index (κ1) is 16.4. The van der Waals surface area contributed by atoms with Gasteiger partial charge in [0, 0.05) is 18.9 Å². The molecule has 0 aromatic carbocycles. The van der Waals surface area contributed by atoms with Crippen LogP contribution in [0.3, 0.4) is 0 Å². The Morgan fingerprint density at radius 2 is 2.04 bits per heavy atom. The quantitative estimate of drug-likeness (QED) is 0.873. The van der Waals surface area contributed by atoms with Crippen molar-refractivity contribution in [3.63, 3.8) is 0 Å². The first-order chi connectivity index (χ1) is 11.4. The summed E-state index contributed by atoms with van der Waals surface area (Å²) in [7, 11) is 0. The minimum Gasteiger partial charge on any atom is -0.481 e. The first-order valence-electron chi connectivity index (χ1n) is 7.76. The Balaban J connectivity index is 1.96. The zero-order chi connectivity index (χ0) is 17.3. The summed E-state index contributed by atoms with van der Waals surface area (Å²) in [6.45, 7) is 4.34. The van der Waals surface area contributed by atoms with Crippen LogP contribution in [0.25, 0.3) is 11.1 Å². The molecule has 1 amide bonds. The van der Waals surface area contributed by atoms with Crippen molar-refractivity contribution in [1.29, 1.82) is 0 Å². The van der Waals surface area contributed by atoms with Crippen LogP contribution < -0.4 is 5.32 Å². The van der Waals surface area contributed by atoms with Gasteiger partial charge in [-0.1, -0.05) is 5.16 Å². The Morgan fingerprint density at radius 1 is 1.33 bits per heavy atom. The van der Waals surface area contributed by atoms with Crippen molar-refractivity contribution in [3.05, 3.63) is 23.0 Å². The van der Waals surface area contributed by atoms with Crippen molar-refractivity contribution < 1.29 is 24.0 Å². The molecule has 3 rings (SSSR count). The van der Waals surface area contributed by atoms with Crippen molar-refractivity contribution in [2.24, 2.45) is 0 Å². The Hall–Kier alpha value is -2.48. The van der Waals surface area contributed by atoms with Gasteiger partial charge in [0.25, 0.3) is 11.6 Å².